The Balaban J connectivity index is 0.00000392. The second-order valence-corrected chi connectivity index (χ2v) is 6.92. The molecule has 0 aromatic heterocycles. The van der Waals surface area contributed by atoms with Gasteiger partial charge in [0.1, 0.15) is 6.61 Å². The molecule has 9 heteroatoms. The normalized spacial score (nSPS) is 18.0. The highest BCUT2D eigenvalue weighted by Crippen LogP contribution is 2.16. The highest BCUT2D eigenvalue weighted by atomic mass is 127. The van der Waals surface area contributed by atoms with Crippen molar-refractivity contribution in [1.82, 2.24) is 15.5 Å². The summed E-state index contributed by atoms with van der Waals surface area (Å²) in [7, 11) is 2.14. The lowest BCUT2D eigenvalue weighted by Crippen LogP contribution is -2.40. The van der Waals surface area contributed by atoms with Gasteiger partial charge < -0.3 is 20.3 Å². The lowest BCUT2D eigenvalue weighted by atomic mass is 10.1. The van der Waals surface area contributed by atoms with E-state index in [1.165, 1.54) is 6.42 Å². The fourth-order valence-electron chi connectivity index (χ4n) is 2.97. The molecule has 1 saturated heterocycles. The lowest BCUT2D eigenvalue weighted by Gasteiger charge is -2.15. The van der Waals surface area contributed by atoms with Crippen molar-refractivity contribution in [3.63, 3.8) is 0 Å². The number of nitrogens with one attached hydrogen (secondary N) is 2. The third-order valence-corrected chi connectivity index (χ3v) is 4.37. The number of hydrogen-bond donors (Lipinski definition) is 2. The Morgan fingerprint density at radius 1 is 1.21 bits per heavy atom. The quantitative estimate of drug-likeness (QED) is 0.318. The van der Waals surface area contributed by atoms with Crippen LogP contribution in [0.1, 0.15) is 24.5 Å². The molecule has 1 heterocycles. The first-order valence-corrected chi connectivity index (χ1v) is 9.28. The van der Waals surface area contributed by atoms with Crippen molar-refractivity contribution in [2.75, 3.05) is 39.8 Å². The second-order valence-electron chi connectivity index (χ2n) is 6.92. The zero-order valence-corrected chi connectivity index (χ0v) is 18.7. The average Bonchev–Trinajstić information content (AvgIpc) is 3.03. The van der Waals surface area contributed by atoms with Gasteiger partial charge in [0.2, 0.25) is 0 Å². The standard InChI is InChI=1S/C19H29F3N4O.HI/c1-3-23-18(25-11-17-8-9-26(2)12-17)24-10-15-4-6-16(7-5-15)13-27-14-19(20,21)22;/h4-7,17H,3,8-14H2,1-2H3,(H2,23,24,25);1H. The van der Waals surface area contributed by atoms with E-state index in [9.17, 15) is 13.2 Å². The van der Waals surface area contributed by atoms with Crippen molar-refractivity contribution < 1.29 is 17.9 Å². The predicted octanol–water partition coefficient (Wildman–Crippen LogP) is 3.39. The molecule has 0 aliphatic carbocycles. The maximum Gasteiger partial charge on any atom is 0.411 e. The van der Waals surface area contributed by atoms with Crippen LogP contribution in [0.2, 0.25) is 0 Å². The van der Waals surface area contributed by atoms with Crippen molar-refractivity contribution in [3.8, 4) is 0 Å². The van der Waals surface area contributed by atoms with Gasteiger partial charge in [-0.15, -0.1) is 24.0 Å². The molecule has 1 aromatic rings. The van der Waals surface area contributed by atoms with Gasteiger partial charge in [-0.2, -0.15) is 13.2 Å². The van der Waals surface area contributed by atoms with Gasteiger partial charge in [-0.3, -0.25) is 0 Å². The third kappa shape index (κ3) is 9.92. The van der Waals surface area contributed by atoms with Crippen LogP contribution in [0.4, 0.5) is 13.2 Å². The van der Waals surface area contributed by atoms with Crippen molar-refractivity contribution in [3.05, 3.63) is 35.4 Å². The van der Waals surface area contributed by atoms with Crippen LogP contribution < -0.4 is 10.6 Å². The van der Waals surface area contributed by atoms with E-state index in [-0.39, 0.29) is 30.6 Å². The second kappa shape index (κ2) is 12.5. The minimum absolute atomic E-state index is 0. The van der Waals surface area contributed by atoms with E-state index in [1.54, 1.807) is 12.1 Å². The predicted molar refractivity (Wildman–Crippen MR) is 116 cm³/mol. The summed E-state index contributed by atoms with van der Waals surface area (Å²) in [5.74, 6) is 1.42. The zero-order chi connectivity index (χ0) is 19.7. The van der Waals surface area contributed by atoms with E-state index >= 15 is 0 Å². The summed E-state index contributed by atoms with van der Waals surface area (Å²) in [6, 6.07) is 7.28. The van der Waals surface area contributed by atoms with Crippen molar-refractivity contribution in [2.45, 2.75) is 32.7 Å². The maximum atomic E-state index is 12.1. The molecular formula is C19H30F3IN4O. The van der Waals surface area contributed by atoms with E-state index < -0.39 is 12.8 Å². The Morgan fingerprint density at radius 2 is 1.89 bits per heavy atom. The van der Waals surface area contributed by atoms with Crippen LogP contribution in [-0.4, -0.2) is 56.9 Å². The number of alkyl halides is 3. The molecule has 0 radical (unpaired) electrons. The number of nitrogens with zero attached hydrogens (tertiary/aromatic N) is 2. The minimum Gasteiger partial charge on any atom is -0.367 e. The molecule has 2 rings (SSSR count). The summed E-state index contributed by atoms with van der Waals surface area (Å²) >= 11 is 0. The lowest BCUT2D eigenvalue weighted by molar-refractivity contribution is -0.176. The van der Waals surface area contributed by atoms with Crippen molar-refractivity contribution in [1.29, 1.82) is 0 Å². The van der Waals surface area contributed by atoms with Gasteiger partial charge in [-0.05, 0) is 44.0 Å². The number of aliphatic imine (C=N–C) groups is 1. The van der Waals surface area contributed by atoms with Crippen LogP contribution in [0.3, 0.4) is 0 Å². The molecule has 1 unspecified atom stereocenters. The van der Waals surface area contributed by atoms with Gasteiger partial charge >= 0.3 is 6.18 Å². The fraction of sp³-hybridized carbons (Fsp3) is 0.632. The molecule has 0 spiro atoms. The molecule has 160 valence electrons. The van der Waals surface area contributed by atoms with Gasteiger partial charge in [-0.25, -0.2) is 4.99 Å². The number of benzene rings is 1. The van der Waals surface area contributed by atoms with Crippen LogP contribution in [0, 0.1) is 5.92 Å². The molecule has 0 bridgehead atoms. The third-order valence-electron chi connectivity index (χ3n) is 4.37. The molecule has 1 aliphatic heterocycles. The molecule has 1 fully saturated rings. The first-order chi connectivity index (χ1) is 12.9. The van der Waals surface area contributed by atoms with Crippen LogP contribution >= 0.6 is 24.0 Å². The zero-order valence-electron chi connectivity index (χ0n) is 16.4. The van der Waals surface area contributed by atoms with Crippen molar-refractivity contribution >= 4 is 29.9 Å². The Kier molecular flexibility index (Phi) is 11.1. The van der Waals surface area contributed by atoms with Gasteiger partial charge in [0, 0.05) is 19.6 Å². The highest BCUT2D eigenvalue weighted by Gasteiger charge is 2.27. The van der Waals surface area contributed by atoms with Crippen LogP contribution in [0.25, 0.3) is 0 Å². The number of rotatable bonds is 8. The van der Waals surface area contributed by atoms with Crippen LogP contribution in [0.5, 0.6) is 0 Å². The Morgan fingerprint density at radius 3 is 2.46 bits per heavy atom. The average molecular weight is 514 g/mol. The largest absolute Gasteiger partial charge is 0.411 e. The fourth-order valence-corrected chi connectivity index (χ4v) is 2.97. The maximum absolute atomic E-state index is 12.1. The first-order valence-electron chi connectivity index (χ1n) is 9.28. The monoisotopic (exact) mass is 514 g/mol. The molecule has 0 amide bonds. The first kappa shape index (κ1) is 25.0. The van der Waals surface area contributed by atoms with E-state index in [1.807, 2.05) is 19.1 Å². The minimum atomic E-state index is -4.29. The number of likely N-dealkylation sites (tertiary alicyclic amines) is 1. The van der Waals surface area contributed by atoms with Gasteiger partial charge in [-0.1, -0.05) is 24.3 Å². The molecule has 1 atom stereocenters. The summed E-state index contributed by atoms with van der Waals surface area (Å²) in [6.45, 7) is 5.16. The van der Waals surface area contributed by atoms with Gasteiger partial charge in [0.25, 0.3) is 0 Å². The smallest absolute Gasteiger partial charge is 0.367 e. The van der Waals surface area contributed by atoms with Crippen LogP contribution in [-0.2, 0) is 17.9 Å². The summed E-state index contributed by atoms with van der Waals surface area (Å²) in [6.07, 6.45) is -3.10. The molecule has 2 N–H and O–H groups in total. The van der Waals surface area contributed by atoms with Gasteiger partial charge in [0.15, 0.2) is 5.96 Å². The van der Waals surface area contributed by atoms with Gasteiger partial charge in [0.05, 0.1) is 13.2 Å². The summed E-state index contributed by atoms with van der Waals surface area (Å²) in [5, 5.41) is 6.63. The van der Waals surface area contributed by atoms with E-state index in [0.29, 0.717) is 18.0 Å². The van der Waals surface area contributed by atoms with E-state index in [2.05, 4.69) is 32.3 Å². The molecule has 28 heavy (non-hydrogen) atoms. The summed E-state index contributed by atoms with van der Waals surface area (Å²) in [4.78, 5) is 6.92. The Labute approximate surface area is 182 Å². The number of hydrogen-bond acceptors (Lipinski definition) is 3. The number of ether oxygens (including phenoxy) is 1. The Bertz CT molecular complexity index is 596. The molecule has 1 aromatic carbocycles. The van der Waals surface area contributed by atoms with Crippen molar-refractivity contribution in [2.24, 2.45) is 10.9 Å². The van der Waals surface area contributed by atoms with E-state index in [0.717, 1.165) is 37.7 Å². The number of guanidine groups is 1. The molecule has 0 saturated carbocycles. The summed E-state index contributed by atoms with van der Waals surface area (Å²) < 4.78 is 40.9. The summed E-state index contributed by atoms with van der Waals surface area (Å²) in [5.41, 5.74) is 1.70. The van der Waals surface area contributed by atoms with E-state index in [4.69, 9.17) is 0 Å². The Hall–Kier alpha value is -1.07. The molecule has 1 aliphatic rings. The highest BCUT2D eigenvalue weighted by molar-refractivity contribution is 14.0. The SMILES string of the molecule is CCNC(=NCc1ccc(COCC(F)(F)F)cc1)NCC1CCN(C)C1.I. The molecule has 5 nitrogen and oxygen atoms in total. The number of halogens is 4. The molecular weight excluding hydrogens is 484 g/mol. The topological polar surface area (TPSA) is 48.9 Å². The van der Waals surface area contributed by atoms with Crippen LogP contribution in [0.15, 0.2) is 29.3 Å².